The standard InChI is InChI=1S/C16H21F3N2O3/c1-23-12-3-2-11(13(8-12)16(17,18)19)9-21-15(22)14(20)10-4-6-24-7-5-10/h2-3,8,10,14H,4-7,9,20H2,1H3,(H,21,22). The monoisotopic (exact) mass is 346 g/mol. The molecular weight excluding hydrogens is 325 g/mol. The first kappa shape index (κ1) is 18.5. The van der Waals surface area contributed by atoms with Gasteiger partial charge in [-0.25, -0.2) is 0 Å². The summed E-state index contributed by atoms with van der Waals surface area (Å²) in [5.41, 5.74) is 5.05. The second-order valence-electron chi connectivity index (χ2n) is 5.71. The first-order chi connectivity index (χ1) is 11.3. The molecule has 1 heterocycles. The smallest absolute Gasteiger partial charge is 0.416 e. The van der Waals surface area contributed by atoms with E-state index in [2.05, 4.69) is 5.32 Å². The average molecular weight is 346 g/mol. The van der Waals surface area contributed by atoms with Crippen LogP contribution >= 0.6 is 0 Å². The van der Waals surface area contributed by atoms with Gasteiger partial charge in [0.25, 0.3) is 0 Å². The molecule has 0 aliphatic carbocycles. The van der Waals surface area contributed by atoms with E-state index in [0.717, 1.165) is 6.07 Å². The van der Waals surface area contributed by atoms with E-state index in [1.807, 2.05) is 0 Å². The summed E-state index contributed by atoms with van der Waals surface area (Å²) in [6.07, 6.45) is -3.19. The van der Waals surface area contributed by atoms with Gasteiger partial charge < -0.3 is 20.5 Å². The van der Waals surface area contributed by atoms with Crippen LogP contribution < -0.4 is 15.8 Å². The number of hydrogen-bond acceptors (Lipinski definition) is 4. The molecule has 0 saturated carbocycles. The molecule has 1 atom stereocenters. The van der Waals surface area contributed by atoms with E-state index in [9.17, 15) is 18.0 Å². The van der Waals surface area contributed by atoms with Crippen LogP contribution in [0.5, 0.6) is 5.75 Å². The van der Waals surface area contributed by atoms with Crippen molar-refractivity contribution < 1.29 is 27.4 Å². The van der Waals surface area contributed by atoms with Crippen molar-refractivity contribution >= 4 is 5.91 Å². The average Bonchev–Trinajstić information content (AvgIpc) is 2.58. The normalized spacial score (nSPS) is 17.4. The van der Waals surface area contributed by atoms with Gasteiger partial charge >= 0.3 is 6.18 Å². The SMILES string of the molecule is COc1ccc(CNC(=O)C(N)C2CCOCC2)c(C(F)(F)F)c1. The highest BCUT2D eigenvalue weighted by Crippen LogP contribution is 2.34. The van der Waals surface area contributed by atoms with E-state index in [1.54, 1.807) is 0 Å². The number of methoxy groups -OCH3 is 1. The number of hydrogen-bond donors (Lipinski definition) is 2. The third kappa shape index (κ3) is 4.61. The lowest BCUT2D eigenvalue weighted by molar-refractivity contribution is -0.138. The van der Waals surface area contributed by atoms with E-state index >= 15 is 0 Å². The summed E-state index contributed by atoms with van der Waals surface area (Å²) in [5.74, 6) is -0.362. The molecule has 0 bridgehead atoms. The molecule has 24 heavy (non-hydrogen) atoms. The molecule has 0 aromatic heterocycles. The Morgan fingerprint density at radius 2 is 2.08 bits per heavy atom. The predicted octanol–water partition coefficient (Wildman–Crippen LogP) is 2.08. The second-order valence-corrected chi connectivity index (χ2v) is 5.71. The largest absolute Gasteiger partial charge is 0.497 e. The van der Waals surface area contributed by atoms with Gasteiger partial charge in [0.2, 0.25) is 5.91 Å². The highest BCUT2D eigenvalue weighted by Gasteiger charge is 2.34. The number of rotatable bonds is 5. The number of amides is 1. The van der Waals surface area contributed by atoms with Gasteiger partial charge in [0, 0.05) is 19.8 Å². The maximum atomic E-state index is 13.1. The van der Waals surface area contributed by atoms with Crippen LogP contribution in [0.2, 0.25) is 0 Å². The fourth-order valence-electron chi connectivity index (χ4n) is 2.69. The highest BCUT2D eigenvalue weighted by molar-refractivity contribution is 5.81. The van der Waals surface area contributed by atoms with Crippen molar-refractivity contribution in [1.29, 1.82) is 0 Å². The molecule has 1 aromatic rings. The van der Waals surface area contributed by atoms with Crippen LogP contribution in [0.4, 0.5) is 13.2 Å². The summed E-state index contributed by atoms with van der Waals surface area (Å²) in [7, 11) is 1.30. The number of alkyl halides is 3. The fourth-order valence-corrected chi connectivity index (χ4v) is 2.69. The number of nitrogens with two attached hydrogens (primary N) is 1. The quantitative estimate of drug-likeness (QED) is 0.856. The molecule has 1 unspecified atom stereocenters. The van der Waals surface area contributed by atoms with Crippen LogP contribution in [-0.2, 0) is 22.3 Å². The molecule has 1 saturated heterocycles. The summed E-state index contributed by atoms with van der Waals surface area (Å²) in [6.45, 7) is 0.847. The molecule has 5 nitrogen and oxygen atoms in total. The number of nitrogens with one attached hydrogen (secondary N) is 1. The van der Waals surface area contributed by atoms with Crippen LogP contribution in [0.1, 0.15) is 24.0 Å². The second kappa shape index (κ2) is 7.85. The van der Waals surface area contributed by atoms with Crippen molar-refractivity contribution in [2.24, 2.45) is 11.7 Å². The lowest BCUT2D eigenvalue weighted by atomic mass is 9.92. The molecule has 8 heteroatoms. The summed E-state index contributed by atoms with van der Waals surface area (Å²) in [6, 6.07) is 2.89. The van der Waals surface area contributed by atoms with Gasteiger partial charge in [-0.1, -0.05) is 6.07 Å². The predicted molar refractivity (Wildman–Crippen MR) is 81.4 cm³/mol. The molecule has 0 spiro atoms. The number of carbonyl (C=O) groups is 1. The van der Waals surface area contributed by atoms with E-state index in [0.29, 0.717) is 26.1 Å². The van der Waals surface area contributed by atoms with Crippen molar-refractivity contribution in [3.8, 4) is 5.75 Å². The van der Waals surface area contributed by atoms with Gasteiger partial charge in [0.1, 0.15) is 5.75 Å². The zero-order valence-corrected chi connectivity index (χ0v) is 13.4. The summed E-state index contributed by atoms with van der Waals surface area (Å²) >= 11 is 0. The summed E-state index contributed by atoms with van der Waals surface area (Å²) < 4.78 is 49.4. The van der Waals surface area contributed by atoms with Gasteiger partial charge in [0.15, 0.2) is 0 Å². The Hall–Kier alpha value is -1.80. The van der Waals surface area contributed by atoms with Gasteiger partial charge in [-0.15, -0.1) is 0 Å². The van der Waals surface area contributed by atoms with E-state index in [1.165, 1.54) is 19.2 Å². The van der Waals surface area contributed by atoms with E-state index < -0.39 is 23.7 Å². The minimum atomic E-state index is -4.53. The number of ether oxygens (including phenoxy) is 2. The lowest BCUT2D eigenvalue weighted by Crippen LogP contribution is -2.46. The number of benzene rings is 1. The Bertz CT molecular complexity index is 572. The fraction of sp³-hybridized carbons (Fsp3) is 0.562. The minimum Gasteiger partial charge on any atom is -0.497 e. The molecule has 1 aliphatic heterocycles. The van der Waals surface area contributed by atoms with Crippen molar-refractivity contribution in [3.63, 3.8) is 0 Å². The van der Waals surface area contributed by atoms with E-state index in [-0.39, 0.29) is 23.8 Å². The molecule has 1 amide bonds. The van der Waals surface area contributed by atoms with Crippen molar-refractivity contribution in [3.05, 3.63) is 29.3 Å². The molecule has 1 aromatic carbocycles. The maximum Gasteiger partial charge on any atom is 0.416 e. The maximum absolute atomic E-state index is 13.1. The van der Waals surface area contributed by atoms with Gasteiger partial charge in [-0.2, -0.15) is 13.2 Å². The summed E-state index contributed by atoms with van der Waals surface area (Å²) in [4.78, 5) is 12.1. The Kier molecular flexibility index (Phi) is 6.06. The molecule has 0 radical (unpaired) electrons. The number of carbonyl (C=O) groups excluding carboxylic acids is 1. The van der Waals surface area contributed by atoms with Gasteiger partial charge in [-0.3, -0.25) is 4.79 Å². The first-order valence-corrected chi connectivity index (χ1v) is 7.68. The Balaban J connectivity index is 2.04. The Morgan fingerprint density at radius 3 is 2.67 bits per heavy atom. The zero-order chi connectivity index (χ0) is 17.7. The Labute approximate surface area is 138 Å². The van der Waals surface area contributed by atoms with Crippen molar-refractivity contribution in [2.75, 3.05) is 20.3 Å². The zero-order valence-electron chi connectivity index (χ0n) is 13.4. The topological polar surface area (TPSA) is 73.6 Å². The molecule has 3 N–H and O–H groups in total. The molecular formula is C16H21F3N2O3. The van der Waals surface area contributed by atoms with Crippen LogP contribution in [-0.4, -0.2) is 32.3 Å². The molecule has 2 rings (SSSR count). The van der Waals surface area contributed by atoms with Crippen LogP contribution in [0, 0.1) is 5.92 Å². The lowest BCUT2D eigenvalue weighted by Gasteiger charge is -2.27. The van der Waals surface area contributed by atoms with Crippen LogP contribution in [0.15, 0.2) is 18.2 Å². The van der Waals surface area contributed by atoms with Crippen LogP contribution in [0.25, 0.3) is 0 Å². The Morgan fingerprint density at radius 1 is 1.42 bits per heavy atom. The molecule has 1 aliphatic rings. The molecule has 1 fully saturated rings. The van der Waals surface area contributed by atoms with Crippen molar-refractivity contribution in [2.45, 2.75) is 31.6 Å². The van der Waals surface area contributed by atoms with Gasteiger partial charge in [0.05, 0.1) is 18.7 Å². The first-order valence-electron chi connectivity index (χ1n) is 7.68. The van der Waals surface area contributed by atoms with Gasteiger partial charge in [-0.05, 0) is 36.5 Å². The summed E-state index contributed by atoms with van der Waals surface area (Å²) in [5, 5.41) is 2.50. The van der Waals surface area contributed by atoms with Crippen LogP contribution in [0.3, 0.4) is 0 Å². The third-order valence-corrected chi connectivity index (χ3v) is 4.15. The van der Waals surface area contributed by atoms with E-state index in [4.69, 9.17) is 15.2 Å². The third-order valence-electron chi connectivity index (χ3n) is 4.15. The number of halogens is 3. The minimum absolute atomic E-state index is 0.0169. The van der Waals surface area contributed by atoms with Crippen molar-refractivity contribution in [1.82, 2.24) is 5.32 Å². The highest BCUT2D eigenvalue weighted by atomic mass is 19.4. The molecule has 134 valence electrons.